The summed E-state index contributed by atoms with van der Waals surface area (Å²) in [6.07, 6.45) is 0. The maximum atomic E-state index is 13.0. The minimum Gasteiger partial charge on any atom is -0.454 e. The topological polar surface area (TPSA) is 86.5 Å². The Morgan fingerprint density at radius 1 is 1.10 bits per heavy atom. The van der Waals surface area contributed by atoms with Crippen molar-refractivity contribution in [3.8, 4) is 23.0 Å². The number of carbonyl (C=O) groups excluding carboxylic acids is 1. The maximum Gasteiger partial charge on any atom is 0.277 e. The van der Waals surface area contributed by atoms with Crippen LogP contribution in [-0.4, -0.2) is 28.1 Å². The van der Waals surface area contributed by atoms with Crippen molar-refractivity contribution in [1.29, 1.82) is 0 Å². The average Bonchev–Trinajstić information content (AvgIpc) is 3.37. The molecule has 3 aromatic rings. The quantitative estimate of drug-likeness (QED) is 0.610. The zero-order valence-corrected chi connectivity index (χ0v) is 16.5. The first-order valence-corrected chi connectivity index (χ1v) is 9.83. The number of thioether (sulfide) groups is 1. The van der Waals surface area contributed by atoms with Crippen LogP contribution in [0.5, 0.6) is 11.5 Å². The lowest BCUT2D eigenvalue weighted by atomic mass is 10.1. The first-order valence-electron chi connectivity index (χ1n) is 8.95. The highest BCUT2D eigenvalue weighted by Gasteiger charge is 2.21. The average molecular weight is 415 g/mol. The third-order valence-electron chi connectivity index (χ3n) is 4.40. The van der Waals surface area contributed by atoms with Gasteiger partial charge in [0.05, 0.1) is 11.3 Å². The second kappa shape index (κ2) is 8.12. The van der Waals surface area contributed by atoms with Crippen molar-refractivity contribution in [2.24, 2.45) is 0 Å². The van der Waals surface area contributed by atoms with Crippen LogP contribution < -0.4 is 14.8 Å². The normalized spacial score (nSPS) is 14.4. The highest BCUT2D eigenvalue weighted by molar-refractivity contribution is 8.00. The van der Waals surface area contributed by atoms with Crippen molar-refractivity contribution < 1.29 is 23.1 Å². The Bertz CT molecular complexity index is 1020. The van der Waals surface area contributed by atoms with Gasteiger partial charge in [-0.05, 0) is 49.7 Å². The van der Waals surface area contributed by atoms with Crippen LogP contribution in [0.4, 0.5) is 4.39 Å². The summed E-state index contributed by atoms with van der Waals surface area (Å²) in [6, 6.07) is 11.1. The lowest BCUT2D eigenvalue weighted by Crippen LogP contribution is -2.33. The number of hydrogen-bond acceptors (Lipinski definition) is 7. The van der Waals surface area contributed by atoms with Crippen LogP contribution in [-0.2, 0) is 4.79 Å². The fourth-order valence-electron chi connectivity index (χ4n) is 2.77. The summed E-state index contributed by atoms with van der Waals surface area (Å²) < 4.78 is 29.4. The fraction of sp³-hybridized carbons (Fsp3) is 0.250. The van der Waals surface area contributed by atoms with Crippen LogP contribution in [0.1, 0.15) is 25.5 Å². The molecule has 9 heteroatoms. The molecule has 4 rings (SSSR count). The van der Waals surface area contributed by atoms with Gasteiger partial charge in [0, 0.05) is 5.56 Å². The summed E-state index contributed by atoms with van der Waals surface area (Å²) in [7, 11) is 0. The van der Waals surface area contributed by atoms with E-state index in [1.807, 2.05) is 6.92 Å². The molecule has 1 aliphatic heterocycles. The number of hydrogen-bond donors (Lipinski definition) is 1. The minimum absolute atomic E-state index is 0.186. The number of fused-ring (bicyclic) bond motifs is 1. The fourth-order valence-corrected chi connectivity index (χ4v) is 3.47. The molecule has 2 heterocycles. The zero-order chi connectivity index (χ0) is 20.4. The number of nitrogens with one attached hydrogen (secondary N) is 1. The minimum atomic E-state index is -0.456. The van der Waals surface area contributed by atoms with Crippen molar-refractivity contribution in [3.63, 3.8) is 0 Å². The third kappa shape index (κ3) is 4.34. The van der Waals surface area contributed by atoms with Crippen molar-refractivity contribution in [1.82, 2.24) is 15.5 Å². The van der Waals surface area contributed by atoms with Gasteiger partial charge in [-0.1, -0.05) is 23.9 Å². The Labute approximate surface area is 170 Å². The predicted octanol–water partition coefficient (Wildman–Crippen LogP) is 3.96. The summed E-state index contributed by atoms with van der Waals surface area (Å²) in [5.74, 6) is 1.12. The third-order valence-corrected chi connectivity index (χ3v) is 5.34. The number of ether oxygens (including phenoxy) is 2. The van der Waals surface area contributed by atoms with Crippen molar-refractivity contribution >= 4 is 17.7 Å². The number of halogens is 1. The van der Waals surface area contributed by atoms with E-state index < -0.39 is 5.25 Å². The highest BCUT2D eigenvalue weighted by Crippen LogP contribution is 2.36. The van der Waals surface area contributed by atoms with Gasteiger partial charge in [0.15, 0.2) is 11.5 Å². The van der Waals surface area contributed by atoms with Crippen molar-refractivity contribution in [2.75, 3.05) is 6.79 Å². The molecular weight excluding hydrogens is 397 g/mol. The van der Waals surface area contributed by atoms with E-state index in [-0.39, 0.29) is 29.8 Å². The molecule has 0 fully saturated rings. The molecule has 7 nitrogen and oxygen atoms in total. The van der Waals surface area contributed by atoms with Crippen LogP contribution in [0.3, 0.4) is 0 Å². The van der Waals surface area contributed by atoms with Gasteiger partial charge in [0.2, 0.25) is 18.6 Å². The van der Waals surface area contributed by atoms with E-state index in [1.165, 1.54) is 12.1 Å². The van der Waals surface area contributed by atoms with E-state index in [4.69, 9.17) is 13.9 Å². The number of rotatable bonds is 6. The molecule has 1 aliphatic rings. The van der Waals surface area contributed by atoms with Gasteiger partial charge in [-0.15, -0.1) is 10.2 Å². The van der Waals surface area contributed by atoms with Gasteiger partial charge in [-0.25, -0.2) is 4.39 Å². The largest absolute Gasteiger partial charge is 0.454 e. The molecule has 1 N–H and O–H groups in total. The standard InChI is InChI=1S/C20H18FN3O4S/c1-11(13-3-6-15(21)7-4-13)22-18(25)12(2)29-20-24-23-19(28-20)14-5-8-16-17(9-14)27-10-26-16/h3-9,11-12H,10H2,1-2H3,(H,22,25)/t11-,12-/m0/s1. The van der Waals surface area contributed by atoms with Gasteiger partial charge in [-0.3, -0.25) is 4.79 Å². The van der Waals surface area contributed by atoms with Crippen LogP contribution in [0.2, 0.25) is 0 Å². The Balaban J connectivity index is 1.37. The van der Waals surface area contributed by atoms with Crippen LogP contribution >= 0.6 is 11.8 Å². The van der Waals surface area contributed by atoms with Gasteiger partial charge in [0.1, 0.15) is 5.82 Å². The molecule has 0 aliphatic carbocycles. The summed E-state index contributed by atoms with van der Waals surface area (Å²) in [5, 5.41) is 10.8. The summed E-state index contributed by atoms with van der Waals surface area (Å²) in [4.78, 5) is 12.5. The molecule has 0 saturated carbocycles. The summed E-state index contributed by atoms with van der Waals surface area (Å²) in [5.41, 5.74) is 1.52. The van der Waals surface area contributed by atoms with Crippen LogP contribution in [0.15, 0.2) is 52.1 Å². The maximum absolute atomic E-state index is 13.0. The van der Waals surface area contributed by atoms with Crippen LogP contribution in [0.25, 0.3) is 11.5 Å². The van der Waals surface area contributed by atoms with Gasteiger partial charge < -0.3 is 19.2 Å². The molecule has 1 aromatic heterocycles. The number of carbonyl (C=O) groups is 1. The molecule has 0 bridgehead atoms. The summed E-state index contributed by atoms with van der Waals surface area (Å²) in [6.45, 7) is 3.78. The molecule has 2 atom stereocenters. The molecule has 0 saturated heterocycles. The number of benzene rings is 2. The first kappa shape index (κ1) is 19.3. The predicted molar refractivity (Wildman–Crippen MR) is 104 cm³/mol. The Hall–Kier alpha value is -3.07. The Morgan fingerprint density at radius 3 is 2.66 bits per heavy atom. The molecule has 0 radical (unpaired) electrons. The molecule has 0 unspecified atom stereocenters. The molecule has 1 amide bonds. The van der Waals surface area contributed by atoms with Gasteiger partial charge >= 0.3 is 0 Å². The van der Waals surface area contributed by atoms with Crippen molar-refractivity contribution in [2.45, 2.75) is 30.4 Å². The van der Waals surface area contributed by atoms with E-state index in [9.17, 15) is 9.18 Å². The molecule has 150 valence electrons. The van der Waals surface area contributed by atoms with E-state index >= 15 is 0 Å². The van der Waals surface area contributed by atoms with Gasteiger partial charge in [0.25, 0.3) is 5.22 Å². The van der Waals surface area contributed by atoms with E-state index in [2.05, 4.69) is 15.5 Å². The Morgan fingerprint density at radius 2 is 1.86 bits per heavy atom. The molecule has 29 heavy (non-hydrogen) atoms. The SMILES string of the molecule is C[C@H](Sc1nnc(-c2ccc3c(c2)OCO3)o1)C(=O)N[C@@H](C)c1ccc(F)cc1. The zero-order valence-electron chi connectivity index (χ0n) is 15.7. The highest BCUT2D eigenvalue weighted by atomic mass is 32.2. The van der Waals surface area contributed by atoms with Gasteiger partial charge in [-0.2, -0.15) is 0 Å². The smallest absolute Gasteiger partial charge is 0.277 e. The van der Waals surface area contributed by atoms with E-state index in [0.29, 0.717) is 23.0 Å². The first-order chi connectivity index (χ1) is 14.0. The van der Waals surface area contributed by atoms with E-state index in [1.54, 1.807) is 37.3 Å². The summed E-state index contributed by atoms with van der Waals surface area (Å²) >= 11 is 1.16. The van der Waals surface area contributed by atoms with Crippen molar-refractivity contribution in [3.05, 3.63) is 53.8 Å². The lowest BCUT2D eigenvalue weighted by Gasteiger charge is -2.16. The second-order valence-electron chi connectivity index (χ2n) is 6.48. The lowest BCUT2D eigenvalue weighted by molar-refractivity contribution is -0.120. The van der Waals surface area contributed by atoms with E-state index in [0.717, 1.165) is 17.3 Å². The Kier molecular flexibility index (Phi) is 5.39. The van der Waals surface area contributed by atoms with Crippen LogP contribution in [0, 0.1) is 5.82 Å². The molecular formula is C20H18FN3O4S. The molecule has 2 aromatic carbocycles. The monoisotopic (exact) mass is 415 g/mol. The number of amides is 1. The number of nitrogens with zero attached hydrogens (tertiary/aromatic N) is 2. The second-order valence-corrected chi connectivity index (χ2v) is 7.78. The number of aromatic nitrogens is 2. The molecule has 0 spiro atoms.